The molecule has 1 aromatic carbocycles. The molecule has 1 atom stereocenters. The van der Waals surface area contributed by atoms with E-state index in [1.54, 1.807) is 4.90 Å². The summed E-state index contributed by atoms with van der Waals surface area (Å²) in [5.41, 5.74) is 0.908. The summed E-state index contributed by atoms with van der Waals surface area (Å²) in [6, 6.07) is 7.95. The molecule has 0 radical (unpaired) electrons. The summed E-state index contributed by atoms with van der Waals surface area (Å²) in [4.78, 5) is 27.9. The first kappa shape index (κ1) is 15.4. The van der Waals surface area contributed by atoms with E-state index in [-0.39, 0.29) is 17.9 Å². The second kappa shape index (κ2) is 6.71. The quantitative estimate of drug-likeness (QED) is 0.827. The SMILES string of the molecule is CCN1C(=O)C(C(=O)NC2CCNCC2)Sc2ccccc21. The highest BCUT2D eigenvalue weighted by atomic mass is 32.2. The summed E-state index contributed by atoms with van der Waals surface area (Å²) < 4.78 is 0. The van der Waals surface area contributed by atoms with Crippen LogP contribution in [0.3, 0.4) is 0 Å². The van der Waals surface area contributed by atoms with Crippen molar-refractivity contribution in [3.05, 3.63) is 24.3 Å². The first-order chi connectivity index (χ1) is 10.7. The minimum atomic E-state index is -0.676. The number of benzene rings is 1. The summed E-state index contributed by atoms with van der Waals surface area (Å²) in [6.07, 6.45) is 1.84. The second-order valence-electron chi connectivity index (χ2n) is 5.58. The fourth-order valence-electron chi connectivity index (χ4n) is 2.95. The van der Waals surface area contributed by atoms with Crippen molar-refractivity contribution in [1.82, 2.24) is 10.6 Å². The molecule has 0 bridgehead atoms. The van der Waals surface area contributed by atoms with Crippen molar-refractivity contribution in [3.8, 4) is 0 Å². The van der Waals surface area contributed by atoms with Crippen LogP contribution in [-0.2, 0) is 9.59 Å². The number of hydrogen-bond acceptors (Lipinski definition) is 4. The number of para-hydroxylation sites is 1. The van der Waals surface area contributed by atoms with Gasteiger partial charge in [0.2, 0.25) is 11.8 Å². The van der Waals surface area contributed by atoms with Gasteiger partial charge < -0.3 is 15.5 Å². The molecule has 2 N–H and O–H groups in total. The van der Waals surface area contributed by atoms with E-state index < -0.39 is 5.25 Å². The van der Waals surface area contributed by atoms with Crippen molar-refractivity contribution in [1.29, 1.82) is 0 Å². The maximum Gasteiger partial charge on any atom is 0.250 e. The lowest BCUT2D eigenvalue weighted by Gasteiger charge is -2.33. The summed E-state index contributed by atoms with van der Waals surface area (Å²) >= 11 is 1.36. The highest BCUT2D eigenvalue weighted by molar-refractivity contribution is 8.01. The summed E-state index contributed by atoms with van der Waals surface area (Å²) in [5.74, 6) is -0.271. The standard InChI is InChI=1S/C16H21N3O2S/c1-2-19-12-5-3-4-6-13(12)22-14(16(19)21)15(20)18-11-7-9-17-10-8-11/h3-6,11,14,17H,2,7-10H2,1H3,(H,18,20). The van der Waals surface area contributed by atoms with E-state index in [1.165, 1.54) is 11.8 Å². The van der Waals surface area contributed by atoms with Gasteiger partial charge in [-0.25, -0.2) is 0 Å². The summed E-state index contributed by atoms with van der Waals surface area (Å²) in [7, 11) is 0. The number of nitrogens with one attached hydrogen (secondary N) is 2. The van der Waals surface area contributed by atoms with Crippen molar-refractivity contribution in [2.75, 3.05) is 24.5 Å². The van der Waals surface area contributed by atoms with Gasteiger partial charge in [-0.15, -0.1) is 11.8 Å². The lowest BCUT2D eigenvalue weighted by atomic mass is 10.1. The van der Waals surface area contributed by atoms with E-state index in [2.05, 4.69) is 10.6 Å². The maximum atomic E-state index is 12.6. The molecule has 0 saturated carbocycles. The van der Waals surface area contributed by atoms with Gasteiger partial charge in [0.15, 0.2) is 5.25 Å². The van der Waals surface area contributed by atoms with E-state index in [0.717, 1.165) is 36.5 Å². The number of piperidine rings is 1. The minimum Gasteiger partial charge on any atom is -0.352 e. The third-order valence-corrected chi connectivity index (χ3v) is 5.38. The smallest absolute Gasteiger partial charge is 0.250 e. The topological polar surface area (TPSA) is 61.4 Å². The van der Waals surface area contributed by atoms with Gasteiger partial charge in [0.25, 0.3) is 0 Å². The zero-order valence-corrected chi connectivity index (χ0v) is 13.5. The fraction of sp³-hybridized carbons (Fsp3) is 0.500. The highest BCUT2D eigenvalue weighted by Gasteiger charge is 2.38. The molecule has 2 aliphatic rings. The first-order valence-electron chi connectivity index (χ1n) is 7.79. The molecule has 1 fully saturated rings. The molecule has 1 unspecified atom stereocenters. The Morgan fingerprint density at radius 1 is 1.36 bits per heavy atom. The molecular formula is C16H21N3O2S. The van der Waals surface area contributed by atoms with Gasteiger partial charge in [0.1, 0.15) is 0 Å². The van der Waals surface area contributed by atoms with Crippen LogP contribution >= 0.6 is 11.8 Å². The van der Waals surface area contributed by atoms with E-state index >= 15 is 0 Å². The Morgan fingerprint density at radius 2 is 2.09 bits per heavy atom. The van der Waals surface area contributed by atoms with Crippen LogP contribution in [0.4, 0.5) is 5.69 Å². The Labute approximate surface area is 134 Å². The summed E-state index contributed by atoms with van der Waals surface area (Å²) in [5, 5.41) is 5.64. The molecule has 2 amide bonds. The molecule has 1 saturated heterocycles. The van der Waals surface area contributed by atoms with E-state index in [9.17, 15) is 9.59 Å². The maximum absolute atomic E-state index is 12.6. The highest BCUT2D eigenvalue weighted by Crippen LogP contribution is 2.39. The Balaban J connectivity index is 1.76. The molecule has 0 aliphatic carbocycles. The molecule has 2 heterocycles. The van der Waals surface area contributed by atoms with Crippen LogP contribution in [0.2, 0.25) is 0 Å². The monoisotopic (exact) mass is 319 g/mol. The number of amides is 2. The number of carbonyl (C=O) groups is 2. The number of rotatable bonds is 3. The molecule has 22 heavy (non-hydrogen) atoms. The van der Waals surface area contributed by atoms with Crippen molar-refractivity contribution in [2.45, 2.75) is 36.0 Å². The van der Waals surface area contributed by atoms with Crippen molar-refractivity contribution < 1.29 is 9.59 Å². The van der Waals surface area contributed by atoms with Gasteiger partial charge in [0, 0.05) is 17.5 Å². The predicted octanol–water partition coefficient (Wildman–Crippen LogP) is 1.38. The van der Waals surface area contributed by atoms with Gasteiger partial charge in [-0.05, 0) is 45.0 Å². The Hall–Kier alpha value is -1.53. The normalized spacial score (nSPS) is 22.3. The summed E-state index contributed by atoms with van der Waals surface area (Å²) in [6.45, 7) is 4.35. The number of fused-ring (bicyclic) bond motifs is 1. The van der Waals surface area contributed by atoms with Crippen LogP contribution in [0, 0.1) is 0 Å². The number of carbonyl (C=O) groups excluding carboxylic acids is 2. The molecule has 1 aromatic rings. The number of thioether (sulfide) groups is 1. The number of hydrogen-bond donors (Lipinski definition) is 2. The molecule has 3 rings (SSSR count). The number of nitrogens with zero attached hydrogens (tertiary/aromatic N) is 1. The van der Waals surface area contributed by atoms with Gasteiger partial charge in [-0.2, -0.15) is 0 Å². The lowest BCUT2D eigenvalue weighted by Crippen LogP contribution is -2.52. The third kappa shape index (κ3) is 2.98. The molecule has 0 aromatic heterocycles. The fourth-order valence-corrected chi connectivity index (χ4v) is 4.07. The van der Waals surface area contributed by atoms with Crippen LogP contribution in [-0.4, -0.2) is 42.7 Å². The average Bonchev–Trinajstić information content (AvgIpc) is 2.55. The van der Waals surface area contributed by atoms with Crippen LogP contribution < -0.4 is 15.5 Å². The van der Waals surface area contributed by atoms with Gasteiger partial charge in [-0.1, -0.05) is 12.1 Å². The van der Waals surface area contributed by atoms with Crippen molar-refractivity contribution in [3.63, 3.8) is 0 Å². The number of anilines is 1. The van der Waals surface area contributed by atoms with Crippen LogP contribution in [0.5, 0.6) is 0 Å². The Bertz CT molecular complexity index is 572. The molecule has 0 spiro atoms. The Kier molecular flexibility index (Phi) is 4.69. The van der Waals surface area contributed by atoms with Crippen molar-refractivity contribution >= 4 is 29.3 Å². The van der Waals surface area contributed by atoms with Crippen LogP contribution in [0.15, 0.2) is 29.2 Å². The molecule has 118 valence electrons. The van der Waals surface area contributed by atoms with Gasteiger partial charge in [0.05, 0.1) is 5.69 Å². The zero-order valence-electron chi connectivity index (χ0n) is 12.7. The molecule has 2 aliphatic heterocycles. The van der Waals surface area contributed by atoms with E-state index in [1.807, 2.05) is 31.2 Å². The van der Waals surface area contributed by atoms with E-state index in [4.69, 9.17) is 0 Å². The van der Waals surface area contributed by atoms with E-state index in [0.29, 0.717) is 6.54 Å². The molecule has 5 nitrogen and oxygen atoms in total. The van der Waals surface area contributed by atoms with Gasteiger partial charge in [-0.3, -0.25) is 9.59 Å². The van der Waals surface area contributed by atoms with Crippen LogP contribution in [0.25, 0.3) is 0 Å². The minimum absolute atomic E-state index is 0.113. The zero-order chi connectivity index (χ0) is 15.5. The van der Waals surface area contributed by atoms with Gasteiger partial charge >= 0.3 is 0 Å². The lowest BCUT2D eigenvalue weighted by molar-refractivity contribution is -0.127. The third-order valence-electron chi connectivity index (χ3n) is 4.13. The van der Waals surface area contributed by atoms with Crippen molar-refractivity contribution in [2.24, 2.45) is 0 Å². The molecule has 6 heteroatoms. The van der Waals surface area contributed by atoms with Crippen LogP contribution in [0.1, 0.15) is 19.8 Å². The Morgan fingerprint density at radius 3 is 2.82 bits per heavy atom. The predicted molar refractivity (Wildman–Crippen MR) is 88.1 cm³/mol. The average molecular weight is 319 g/mol. The second-order valence-corrected chi connectivity index (χ2v) is 6.73. The first-order valence-corrected chi connectivity index (χ1v) is 8.67. The molecular weight excluding hydrogens is 298 g/mol. The largest absolute Gasteiger partial charge is 0.352 e.